The predicted molar refractivity (Wildman–Crippen MR) is 67.7 cm³/mol. The number of rotatable bonds is 3. The number of hydrogen-bond donors (Lipinski definition) is 2. The molecule has 0 saturated heterocycles. The summed E-state index contributed by atoms with van der Waals surface area (Å²) in [4.78, 5) is 11.1. The smallest absolute Gasteiger partial charge is 0.271 e. The second kappa shape index (κ2) is 5.19. The molecule has 1 aromatic rings. The van der Waals surface area contributed by atoms with Gasteiger partial charge in [0.1, 0.15) is 5.75 Å². The van der Waals surface area contributed by atoms with Crippen molar-refractivity contribution >= 4 is 5.91 Å². The number of ether oxygens (including phenoxy) is 1. The second-order valence-corrected chi connectivity index (χ2v) is 5.11. The maximum atomic E-state index is 11.1. The number of hydrogen-bond acceptors (Lipinski definition) is 3. The molecule has 1 amide bonds. The van der Waals surface area contributed by atoms with Crippen LogP contribution in [0.5, 0.6) is 5.75 Å². The molecular formula is C13H20N2O2. The first-order valence-electron chi connectivity index (χ1n) is 5.58. The van der Waals surface area contributed by atoms with Gasteiger partial charge in [-0.05, 0) is 29.5 Å². The number of amides is 1. The third kappa shape index (κ3) is 3.75. The van der Waals surface area contributed by atoms with Crippen LogP contribution in [0.1, 0.15) is 31.9 Å². The zero-order chi connectivity index (χ0) is 13.1. The third-order valence-electron chi connectivity index (χ3n) is 2.46. The van der Waals surface area contributed by atoms with Gasteiger partial charge in [-0.3, -0.25) is 10.2 Å². The number of carbonyl (C=O) groups excluding carboxylic acids is 1. The Morgan fingerprint density at radius 2 is 2.06 bits per heavy atom. The Morgan fingerprint density at radius 3 is 2.59 bits per heavy atom. The van der Waals surface area contributed by atoms with Crippen molar-refractivity contribution in [3.8, 4) is 5.75 Å². The molecule has 0 saturated carbocycles. The second-order valence-electron chi connectivity index (χ2n) is 5.11. The molecule has 0 spiro atoms. The fraction of sp³-hybridized carbons (Fsp3) is 0.462. The Kier molecular flexibility index (Phi) is 4.12. The molecule has 17 heavy (non-hydrogen) atoms. The first-order valence-corrected chi connectivity index (χ1v) is 5.58. The minimum absolute atomic E-state index is 0.0256. The van der Waals surface area contributed by atoms with Gasteiger partial charge in [-0.15, -0.1) is 0 Å². The van der Waals surface area contributed by atoms with Crippen molar-refractivity contribution in [2.75, 3.05) is 6.61 Å². The summed E-state index contributed by atoms with van der Waals surface area (Å²) in [5, 5.41) is 0. The van der Waals surface area contributed by atoms with E-state index in [9.17, 15) is 4.79 Å². The van der Waals surface area contributed by atoms with E-state index >= 15 is 0 Å². The average molecular weight is 236 g/mol. The van der Waals surface area contributed by atoms with Gasteiger partial charge in [0.15, 0.2) is 6.61 Å². The largest absolute Gasteiger partial charge is 0.483 e. The van der Waals surface area contributed by atoms with Crippen molar-refractivity contribution < 1.29 is 9.53 Å². The van der Waals surface area contributed by atoms with Crippen LogP contribution in [0.2, 0.25) is 0 Å². The van der Waals surface area contributed by atoms with Crippen molar-refractivity contribution in [2.45, 2.75) is 33.1 Å². The maximum absolute atomic E-state index is 11.1. The fourth-order valence-corrected chi connectivity index (χ4v) is 1.55. The van der Waals surface area contributed by atoms with Crippen LogP contribution in [0.4, 0.5) is 0 Å². The minimum atomic E-state index is -0.341. The quantitative estimate of drug-likeness (QED) is 0.476. The normalized spacial score (nSPS) is 11.1. The van der Waals surface area contributed by atoms with Gasteiger partial charge in [-0.2, -0.15) is 0 Å². The molecule has 0 aliphatic heterocycles. The summed E-state index contributed by atoms with van der Waals surface area (Å²) in [6, 6.07) is 6.01. The monoisotopic (exact) mass is 236 g/mol. The van der Waals surface area contributed by atoms with Gasteiger partial charge in [0.2, 0.25) is 0 Å². The van der Waals surface area contributed by atoms with E-state index < -0.39 is 0 Å². The molecule has 4 heteroatoms. The van der Waals surface area contributed by atoms with E-state index in [1.54, 1.807) is 0 Å². The molecule has 3 N–H and O–H groups in total. The van der Waals surface area contributed by atoms with Gasteiger partial charge in [-0.1, -0.05) is 32.9 Å². The van der Waals surface area contributed by atoms with Gasteiger partial charge < -0.3 is 4.74 Å². The summed E-state index contributed by atoms with van der Waals surface area (Å²) >= 11 is 0. The van der Waals surface area contributed by atoms with Gasteiger partial charge in [-0.25, -0.2) is 5.84 Å². The highest BCUT2D eigenvalue weighted by Crippen LogP contribution is 2.31. The highest BCUT2D eigenvalue weighted by molar-refractivity contribution is 5.76. The van der Waals surface area contributed by atoms with Crippen molar-refractivity contribution in [3.63, 3.8) is 0 Å². The summed E-state index contributed by atoms with van der Waals surface area (Å²) in [6.07, 6.45) is 0. The van der Waals surface area contributed by atoms with Crippen LogP contribution in [0.15, 0.2) is 18.2 Å². The molecule has 0 atom stereocenters. The van der Waals surface area contributed by atoms with Crippen LogP contribution in [-0.4, -0.2) is 12.5 Å². The Morgan fingerprint density at radius 1 is 1.41 bits per heavy atom. The van der Waals surface area contributed by atoms with E-state index in [1.807, 2.05) is 30.5 Å². The van der Waals surface area contributed by atoms with Crippen LogP contribution in [0, 0.1) is 6.92 Å². The highest BCUT2D eigenvalue weighted by atomic mass is 16.5. The topological polar surface area (TPSA) is 64.3 Å². The number of benzene rings is 1. The lowest BCUT2D eigenvalue weighted by Gasteiger charge is -2.23. The standard InChI is InChI=1S/C13H20N2O2/c1-9-5-6-10(13(2,3)4)11(7-9)17-8-12(16)15-14/h5-7H,8,14H2,1-4H3,(H,15,16). The Bertz CT molecular complexity index is 408. The fourth-order valence-electron chi connectivity index (χ4n) is 1.55. The third-order valence-corrected chi connectivity index (χ3v) is 2.46. The van der Waals surface area contributed by atoms with E-state index in [1.165, 1.54) is 0 Å². The van der Waals surface area contributed by atoms with Crippen molar-refractivity contribution in [2.24, 2.45) is 5.84 Å². The first kappa shape index (κ1) is 13.5. The molecule has 0 aromatic heterocycles. The van der Waals surface area contributed by atoms with Crippen LogP contribution >= 0.6 is 0 Å². The van der Waals surface area contributed by atoms with Crippen LogP contribution in [-0.2, 0) is 10.2 Å². The first-order chi connectivity index (χ1) is 7.84. The Labute approximate surface area is 102 Å². The van der Waals surface area contributed by atoms with E-state index in [2.05, 4.69) is 20.8 Å². The minimum Gasteiger partial charge on any atom is -0.483 e. The van der Waals surface area contributed by atoms with E-state index in [0.29, 0.717) is 0 Å². The zero-order valence-electron chi connectivity index (χ0n) is 10.8. The SMILES string of the molecule is Cc1ccc(C(C)(C)C)c(OCC(=O)NN)c1. The summed E-state index contributed by atoms with van der Waals surface area (Å²) in [5.41, 5.74) is 4.19. The number of hydrazine groups is 1. The van der Waals surface area contributed by atoms with Gasteiger partial charge in [0, 0.05) is 0 Å². The van der Waals surface area contributed by atoms with E-state index in [4.69, 9.17) is 10.6 Å². The molecular weight excluding hydrogens is 216 g/mol. The molecule has 0 bridgehead atoms. The molecule has 4 nitrogen and oxygen atoms in total. The van der Waals surface area contributed by atoms with Crippen LogP contribution in [0.25, 0.3) is 0 Å². The summed E-state index contributed by atoms with van der Waals surface area (Å²) < 4.78 is 5.51. The molecule has 0 aliphatic rings. The Balaban J connectivity index is 2.96. The van der Waals surface area contributed by atoms with Gasteiger partial charge in [0.05, 0.1) is 0 Å². The predicted octanol–water partition coefficient (Wildman–Crippen LogP) is 1.66. The van der Waals surface area contributed by atoms with Crippen molar-refractivity contribution in [1.82, 2.24) is 5.43 Å². The molecule has 0 radical (unpaired) electrons. The van der Waals surface area contributed by atoms with Gasteiger partial charge >= 0.3 is 0 Å². The molecule has 0 aliphatic carbocycles. The van der Waals surface area contributed by atoms with E-state index in [-0.39, 0.29) is 17.9 Å². The molecule has 0 unspecified atom stereocenters. The van der Waals surface area contributed by atoms with Gasteiger partial charge in [0.25, 0.3) is 5.91 Å². The van der Waals surface area contributed by atoms with Crippen LogP contribution in [0.3, 0.4) is 0 Å². The number of carbonyl (C=O) groups is 1. The molecule has 0 fully saturated rings. The molecule has 0 heterocycles. The summed E-state index contributed by atoms with van der Waals surface area (Å²) in [6.45, 7) is 8.24. The van der Waals surface area contributed by atoms with E-state index in [0.717, 1.165) is 16.9 Å². The molecule has 1 rings (SSSR count). The number of nitrogens with one attached hydrogen (secondary N) is 1. The average Bonchev–Trinajstić information content (AvgIpc) is 2.24. The summed E-state index contributed by atoms with van der Waals surface area (Å²) in [7, 11) is 0. The zero-order valence-corrected chi connectivity index (χ0v) is 10.8. The number of nitrogens with two attached hydrogens (primary N) is 1. The lowest BCUT2D eigenvalue weighted by atomic mass is 9.86. The molecule has 94 valence electrons. The van der Waals surface area contributed by atoms with Crippen molar-refractivity contribution in [3.05, 3.63) is 29.3 Å². The lowest BCUT2D eigenvalue weighted by Crippen LogP contribution is -2.34. The molecule has 1 aromatic carbocycles. The Hall–Kier alpha value is -1.55. The maximum Gasteiger partial charge on any atom is 0.271 e. The number of aryl methyl sites for hydroxylation is 1. The lowest BCUT2D eigenvalue weighted by molar-refractivity contribution is -0.123. The van der Waals surface area contributed by atoms with Crippen molar-refractivity contribution in [1.29, 1.82) is 0 Å². The summed E-state index contributed by atoms with van der Waals surface area (Å²) in [5.74, 6) is 5.41. The highest BCUT2D eigenvalue weighted by Gasteiger charge is 2.19. The van der Waals surface area contributed by atoms with Crippen LogP contribution < -0.4 is 16.0 Å².